The molecule has 3 heterocycles. The van der Waals surface area contributed by atoms with Crippen molar-refractivity contribution >= 4 is 16.3 Å². The third kappa shape index (κ3) is 3.54. The topological polar surface area (TPSA) is 56.9 Å². The summed E-state index contributed by atoms with van der Waals surface area (Å²) in [5.74, 6) is 1.00. The number of thiazole rings is 1. The molecule has 4 rings (SSSR count). The van der Waals surface area contributed by atoms with Crippen LogP contribution in [0.3, 0.4) is 0 Å². The van der Waals surface area contributed by atoms with Gasteiger partial charge in [0.25, 0.3) is 0 Å². The lowest BCUT2D eigenvalue weighted by Gasteiger charge is -2.38. The van der Waals surface area contributed by atoms with Crippen molar-refractivity contribution in [2.24, 2.45) is 0 Å². The first-order valence-electron chi connectivity index (χ1n) is 10.3. The number of nitrogens with zero attached hydrogens (tertiary/aromatic N) is 5. The van der Waals surface area contributed by atoms with Crippen LogP contribution in [-0.2, 0) is 12.8 Å². The molecule has 0 amide bonds. The maximum atomic E-state index is 11.0. The number of fused-ring (bicyclic) bond motifs is 1. The summed E-state index contributed by atoms with van der Waals surface area (Å²) in [5.41, 5.74) is 2.55. The first-order valence-corrected chi connectivity index (χ1v) is 11.1. The Morgan fingerprint density at radius 3 is 2.32 bits per heavy atom. The smallest absolute Gasteiger partial charge is 0.230 e. The fourth-order valence-corrected chi connectivity index (χ4v) is 5.06. The minimum Gasteiger partial charge on any atom is -0.492 e. The fraction of sp³-hybridized carbons (Fsp3) is 0.524. The molecule has 0 saturated carbocycles. The first kappa shape index (κ1) is 19.4. The van der Waals surface area contributed by atoms with E-state index in [0.717, 1.165) is 61.2 Å². The van der Waals surface area contributed by atoms with Gasteiger partial charge >= 0.3 is 0 Å². The average molecular weight is 400 g/mol. The monoisotopic (exact) mass is 399 g/mol. The maximum absolute atomic E-state index is 11.0. The van der Waals surface area contributed by atoms with Gasteiger partial charge in [-0.25, -0.2) is 4.98 Å². The quantitative estimate of drug-likeness (QED) is 0.689. The molecular weight excluding hydrogens is 370 g/mol. The third-order valence-electron chi connectivity index (χ3n) is 5.73. The van der Waals surface area contributed by atoms with Crippen LogP contribution in [0.1, 0.15) is 48.6 Å². The first-order chi connectivity index (χ1) is 13.6. The zero-order valence-electron chi connectivity index (χ0n) is 16.9. The van der Waals surface area contributed by atoms with Gasteiger partial charge in [-0.05, 0) is 24.1 Å². The zero-order valence-corrected chi connectivity index (χ0v) is 17.7. The van der Waals surface area contributed by atoms with Crippen LogP contribution < -0.4 is 0 Å². The van der Waals surface area contributed by atoms with Crippen LogP contribution in [0.5, 0.6) is 5.88 Å². The molecule has 2 aromatic heterocycles. The van der Waals surface area contributed by atoms with E-state index in [-0.39, 0.29) is 11.9 Å². The molecule has 1 aliphatic heterocycles. The molecule has 0 unspecified atom stereocenters. The summed E-state index contributed by atoms with van der Waals surface area (Å²) in [6, 6.07) is 8.86. The average Bonchev–Trinajstić information content (AvgIpc) is 3.28. The summed E-state index contributed by atoms with van der Waals surface area (Å²) >= 11 is 1.56. The van der Waals surface area contributed by atoms with E-state index in [1.165, 1.54) is 11.1 Å². The Morgan fingerprint density at radius 2 is 1.75 bits per heavy atom. The summed E-state index contributed by atoms with van der Waals surface area (Å²) in [4.78, 5) is 11.2. The molecule has 1 N–H and O–H groups in total. The number of aryl methyl sites for hydroxylation is 2. The van der Waals surface area contributed by atoms with Gasteiger partial charge in [0.2, 0.25) is 10.8 Å². The van der Waals surface area contributed by atoms with Crippen molar-refractivity contribution in [2.45, 2.75) is 39.7 Å². The number of rotatable bonds is 6. The van der Waals surface area contributed by atoms with Crippen molar-refractivity contribution in [3.63, 3.8) is 0 Å². The molecule has 28 heavy (non-hydrogen) atoms. The van der Waals surface area contributed by atoms with Gasteiger partial charge in [0.15, 0.2) is 5.82 Å². The Hall–Kier alpha value is -1.96. The Balaban J connectivity index is 1.74. The van der Waals surface area contributed by atoms with E-state index in [0.29, 0.717) is 0 Å². The summed E-state index contributed by atoms with van der Waals surface area (Å²) in [7, 11) is 0. The molecule has 1 fully saturated rings. The van der Waals surface area contributed by atoms with Gasteiger partial charge in [-0.1, -0.05) is 56.4 Å². The molecule has 6 nitrogen and oxygen atoms in total. The number of aromatic nitrogens is 3. The summed E-state index contributed by atoms with van der Waals surface area (Å²) in [6.07, 6.45) is 1.80. The normalized spacial score (nSPS) is 17.4. The maximum Gasteiger partial charge on any atom is 0.230 e. The predicted molar refractivity (Wildman–Crippen MR) is 113 cm³/mol. The number of hydrogen-bond donors (Lipinski definition) is 1. The fourth-order valence-electron chi connectivity index (χ4n) is 3.92. The summed E-state index contributed by atoms with van der Waals surface area (Å²) in [6.45, 7) is 11.6. The second-order valence-corrected chi connectivity index (χ2v) is 8.34. The largest absolute Gasteiger partial charge is 0.492 e. The van der Waals surface area contributed by atoms with Crippen LogP contribution in [0, 0.1) is 0 Å². The predicted octanol–water partition coefficient (Wildman–Crippen LogP) is 3.35. The van der Waals surface area contributed by atoms with Gasteiger partial charge in [0.1, 0.15) is 0 Å². The molecule has 0 bridgehead atoms. The van der Waals surface area contributed by atoms with Crippen molar-refractivity contribution in [2.75, 3.05) is 32.7 Å². The highest BCUT2D eigenvalue weighted by Gasteiger charge is 2.31. The number of aromatic hydroxyl groups is 1. The van der Waals surface area contributed by atoms with E-state index in [2.05, 4.69) is 58.0 Å². The molecule has 150 valence electrons. The molecule has 1 aliphatic rings. The standard InChI is InChI=1S/C21H29N5OS/c1-4-15-7-9-16(10-8-15)18(25-13-11-24(6-3)12-14-25)19-20(27)26-21(28-19)22-17(5-2)23-26/h7-10,18,27H,4-6,11-14H2,1-3H3/t18-/m1/s1. The second kappa shape index (κ2) is 8.19. The lowest BCUT2D eigenvalue weighted by molar-refractivity contribution is 0.113. The summed E-state index contributed by atoms with van der Waals surface area (Å²) < 4.78 is 1.61. The molecule has 1 saturated heterocycles. The van der Waals surface area contributed by atoms with Crippen LogP contribution in [0.25, 0.3) is 4.96 Å². The molecule has 3 aromatic rings. The Kier molecular flexibility index (Phi) is 5.66. The van der Waals surface area contributed by atoms with Crippen LogP contribution in [0.15, 0.2) is 24.3 Å². The number of hydrogen-bond acceptors (Lipinski definition) is 6. The van der Waals surface area contributed by atoms with Gasteiger partial charge in [0, 0.05) is 32.6 Å². The van der Waals surface area contributed by atoms with Crippen LogP contribution >= 0.6 is 11.3 Å². The molecule has 0 spiro atoms. The number of likely N-dealkylation sites (N-methyl/N-ethyl adjacent to an activating group) is 1. The molecule has 1 atom stereocenters. The number of piperazine rings is 1. The van der Waals surface area contributed by atoms with Crippen molar-refractivity contribution in [3.8, 4) is 5.88 Å². The van der Waals surface area contributed by atoms with Gasteiger partial charge in [-0.3, -0.25) is 4.90 Å². The van der Waals surface area contributed by atoms with Crippen molar-refractivity contribution < 1.29 is 5.11 Å². The van der Waals surface area contributed by atoms with E-state index in [1.807, 2.05) is 6.92 Å². The van der Waals surface area contributed by atoms with Gasteiger partial charge in [-0.15, -0.1) is 5.10 Å². The van der Waals surface area contributed by atoms with E-state index in [9.17, 15) is 5.11 Å². The van der Waals surface area contributed by atoms with Crippen molar-refractivity contribution in [1.82, 2.24) is 24.4 Å². The minimum absolute atomic E-state index is 0.0310. The molecule has 0 radical (unpaired) electrons. The zero-order chi connectivity index (χ0) is 19.7. The third-order valence-corrected chi connectivity index (χ3v) is 6.80. The molecule has 0 aliphatic carbocycles. The highest BCUT2D eigenvalue weighted by molar-refractivity contribution is 7.17. The van der Waals surface area contributed by atoms with E-state index in [4.69, 9.17) is 0 Å². The Labute approximate surface area is 170 Å². The van der Waals surface area contributed by atoms with Gasteiger partial charge < -0.3 is 10.0 Å². The van der Waals surface area contributed by atoms with Crippen LogP contribution in [-0.4, -0.2) is 62.2 Å². The van der Waals surface area contributed by atoms with Crippen molar-refractivity contribution in [3.05, 3.63) is 46.1 Å². The highest BCUT2D eigenvalue weighted by atomic mass is 32.1. The highest BCUT2D eigenvalue weighted by Crippen LogP contribution is 2.40. The lowest BCUT2D eigenvalue weighted by atomic mass is 10.0. The summed E-state index contributed by atoms with van der Waals surface area (Å²) in [5, 5.41) is 15.5. The Morgan fingerprint density at radius 1 is 1.04 bits per heavy atom. The Bertz CT molecular complexity index is 924. The van der Waals surface area contributed by atoms with Gasteiger partial charge in [-0.2, -0.15) is 4.52 Å². The lowest BCUT2D eigenvalue weighted by Crippen LogP contribution is -2.47. The van der Waals surface area contributed by atoms with E-state index < -0.39 is 0 Å². The molecule has 7 heteroatoms. The van der Waals surface area contributed by atoms with Crippen LogP contribution in [0.2, 0.25) is 0 Å². The van der Waals surface area contributed by atoms with E-state index in [1.54, 1.807) is 15.9 Å². The van der Waals surface area contributed by atoms with Gasteiger partial charge in [0.05, 0.1) is 10.9 Å². The SMILES string of the molecule is CCc1ccc([C@H](c2sc3nc(CC)nn3c2O)N2CCN(CC)CC2)cc1. The van der Waals surface area contributed by atoms with Crippen molar-refractivity contribution in [1.29, 1.82) is 0 Å². The minimum atomic E-state index is 0.0310. The molecular formula is C21H29N5OS. The number of benzene rings is 1. The van der Waals surface area contributed by atoms with E-state index >= 15 is 0 Å². The van der Waals surface area contributed by atoms with Crippen LogP contribution in [0.4, 0.5) is 0 Å². The molecule has 1 aromatic carbocycles. The second-order valence-electron chi connectivity index (χ2n) is 7.33.